The number of hydrogen-bond acceptors (Lipinski definition) is 4. The summed E-state index contributed by atoms with van der Waals surface area (Å²) in [5, 5.41) is 0. The van der Waals surface area contributed by atoms with E-state index >= 15 is 0 Å². The molecule has 102 valence electrons. The van der Waals surface area contributed by atoms with Gasteiger partial charge in [-0.15, -0.1) is 0 Å². The molecule has 1 aromatic rings. The molecule has 0 aliphatic carbocycles. The number of nitrogens with zero attached hydrogens (tertiary/aromatic N) is 3. The Balaban J connectivity index is 2.31. The van der Waals surface area contributed by atoms with E-state index in [1.165, 1.54) is 12.3 Å². The fourth-order valence-electron chi connectivity index (χ4n) is 2.31. The molecule has 2 heterocycles. The van der Waals surface area contributed by atoms with Crippen molar-refractivity contribution in [1.82, 2.24) is 14.8 Å². The molecule has 6 heteroatoms. The van der Waals surface area contributed by atoms with Crippen molar-refractivity contribution in [2.75, 3.05) is 25.9 Å². The monoisotopic (exact) mass is 262 g/mol. The molecule has 0 bridgehead atoms. The van der Waals surface area contributed by atoms with Crippen LogP contribution in [0.4, 0.5) is 5.82 Å². The summed E-state index contributed by atoms with van der Waals surface area (Å²) < 4.78 is 0. The number of amides is 2. The lowest BCUT2D eigenvalue weighted by Crippen LogP contribution is -2.63. The van der Waals surface area contributed by atoms with Gasteiger partial charge in [-0.1, -0.05) is 0 Å². The Labute approximate surface area is 112 Å². The topological polar surface area (TPSA) is 79.5 Å². The first-order chi connectivity index (χ1) is 8.84. The van der Waals surface area contributed by atoms with Crippen LogP contribution in [0, 0.1) is 0 Å². The van der Waals surface area contributed by atoms with Crippen molar-refractivity contribution in [2.24, 2.45) is 0 Å². The zero-order valence-corrected chi connectivity index (χ0v) is 11.4. The maximum absolute atomic E-state index is 12.5. The average Bonchev–Trinajstić information content (AvgIpc) is 2.35. The third-order valence-electron chi connectivity index (χ3n) is 3.48. The van der Waals surface area contributed by atoms with Crippen LogP contribution in [0.15, 0.2) is 18.3 Å². The first-order valence-electron chi connectivity index (χ1n) is 6.13. The normalized spacial score (nSPS) is 18.6. The minimum atomic E-state index is -0.845. The molecule has 0 atom stereocenters. The van der Waals surface area contributed by atoms with Gasteiger partial charge in [0, 0.05) is 31.9 Å². The minimum absolute atomic E-state index is 0.0610. The van der Waals surface area contributed by atoms with Crippen LogP contribution in [0.5, 0.6) is 0 Å². The van der Waals surface area contributed by atoms with Crippen LogP contribution in [-0.2, 0) is 4.79 Å². The predicted molar refractivity (Wildman–Crippen MR) is 71.4 cm³/mol. The summed E-state index contributed by atoms with van der Waals surface area (Å²) in [4.78, 5) is 31.7. The summed E-state index contributed by atoms with van der Waals surface area (Å²) in [5.74, 6) is 0.0405. The number of aromatic nitrogens is 1. The number of likely N-dealkylation sites (N-methyl/N-ethyl adjacent to an activating group) is 1. The largest absolute Gasteiger partial charge is 0.384 e. The van der Waals surface area contributed by atoms with E-state index in [0.717, 1.165) is 0 Å². The van der Waals surface area contributed by atoms with E-state index in [2.05, 4.69) is 4.98 Å². The van der Waals surface area contributed by atoms with Crippen LogP contribution in [0.3, 0.4) is 0 Å². The van der Waals surface area contributed by atoms with Crippen LogP contribution in [0.1, 0.15) is 24.2 Å². The molecule has 2 rings (SSSR count). The number of rotatable bonds is 1. The number of nitrogens with two attached hydrogens (primary N) is 1. The average molecular weight is 262 g/mol. The Morgan fingerprint density at radius 3 is 2.74 bits per heavy atom. The molecular weight excluding hydrogens is 244 g/mol. The van der Waals surface area contributed by atoms with Crippen LogP contribution in [0.25, 0.3) is 0 Å². The Kier molecular flexibility index (Phi) is 3.18. The number of nitrogen functional groups attached to an aromatic ring is 1. The molecule has 1 fully saturated rings. The molecular formula is C13H18N4O2. The minimum Gasteiger partial charge on any atom is -0.384 e. The number of carbonyl (C=O) groups is 2. The number of pyridine rings is 1. The van der Waals surface area contributed by atoms with Crippen LogP contribution >= 0.6 is 0 Å². The summed E-state index contributed by atoms with van der Waals surface area (Å²) >= 11 is 0. The molecule has 19 heavy (non-hydrogen) atoms. The number of anilines is 1. The predicted octanol–water partition coefficient (Wildman–Crippen LogP) is 0.357. The van der Waals surface area contributed by atoms with E-state index in [-0.39, 0.29) is 11.8 Å². The lowest BCUT2D eigenvalue weighted by atomic mass is 9.96. The van der Waals surface area contributed by atoms with E-state index in [9.17, 15) is 9.59 Å². The van der Waals surface area contributed by atoms with Crippen LogP contribution in [-0.4, -0.2) is 52.3 Å². The highest BCUT2D eigenvalue weighted by atomic mass is 16.2. The van der Waals surface area contributed by atoms with E-state index in [4.69, 9.17) is 5.73 Å². The number of hydrogen-bond donors (Lipinski definition) is 1. The Hall–Kier alpha value is -2.11. The Morgan fingerprint density at radius 2 is 2.11 bits per heavy atom. The maximum atomic E-state index is 12.5. The molecule has 2 N–H and O–H groups in total. The lowest BCUT2D eigenvalue weighted by Gasteiger charge is -2.44. The molecule has 0 spiro atoms. The molecule has 0 unspecified atom stereocenters. The molecule has 6 nitrogen and oxygen atoms in total. The van der Waals surface area contributed by atoms with Gasteiger partial charge in [0.25, 0.3) is 5.91 Å². The third kappa shape index (κ3) is 2.25. The van der Waals surface area contributed by atoms with Gasteiger partial charge < -0.3 is 15.5 Å². The standard InChI is InChI=1S/C13H18N4O2/c1-13(2)12(19)16(3)6-7-17(13)11(18)9-4-5-15-10(14)8-9/h4-5,8H,6-7H2,1-3H3,(H2,14,15). The summed E-state index contributed by atoms with van der Waals surface area (Å²) in [6.45, 7) is 4.56. The third-order valence-corrected chi connectivity index (χ3v) is 3.48. The van der Waals surface area contributed by atoms with Crippen molar-refractivity contribution in [3.63, 3.8) is 0 Å². The van der Waals surface area contributed by atoms with Crippen molar-refractivity contribution >= 4 is 17.6 Å². The highest BCUT2D eigenvalue weighted by Gasteiger charge is 2.43. The van der Waals surface area contributed by atoms with Gasteiger partial charge in [-0.05, 0) is 26.0 Å². The molecule has 1 saturated heterocycles. The molecule has 1 aromatic heterocycles. The Morgan fingerprint density at radius 1 is 1.42 bits per heavy atom. The molecule has 2 amide bonds. The first kappa shape index (κ1) is 13.3. The lowest BCUT2D eigenvalue weighted by molar-refractivity contribution is -0.144. The second-order valence-electron chi connectivity index (χ2n) is 5.21. The first-order valence-corrected chi connectivity index (χ1v) is 6.13. The van der Waals surface area contributed by atoms with E-state index in [1.807, 2.05) is 0 Å². The van der Waals surface area contributed by atoms with Gasteiger partial charge in [-0.25, -0.2) is 4.98 Å². The second kappa shape index (κ2) is 4.53. The summed E-state index contributed by atoms with van der Waals surface area (Å²) in [6.07, 6.45) is 1.49. The van der Waals surface area contributed by atoms with Crippen LogP contribution < -0.4 is 5.73 Å². The quantitative estimate of drug-likeness (QED) is 0.792. The smallest absolute Gasteiger partial charge is 0.254 e. The molecule has 0 aromatic carbocycles. The van der Waals surface area contributed by atoms with Crippen molar-refractivity contribution < 1.29 is 9.59 Å². The SMILES string of the molecule is CN1CCN(C(=O)c2ccnc(N)c2)C(C)(C)C1=O. The highest BCUT2D eigenvalue weighted by Crippen LogP contribution is 2.24. The molecule has 0 saturated carbocycles. The van der Waals surface area contributed by atoms with Gasteiger partial charge in [-0.3, -0.25) is 9.59 Å². The van der Waals surface area contributed by atoms with Gasteiger partial charge in [-0.2, -0.15) is 0 Å². The second-order valence-corrected chi connectivity index (χ2v) is 5.21. The van der Waals surface area contributed by atoms with E-state index in [0.29, 0.717) is 24.5 Å². The number of piperazine rings is 1. The van der Waals surface area contributed by atoms with Gasteiger partial charge in [0.2, 0.25) is 5.91 Å². The number of carbonyl (C=O) groups excluding carboxylic acids is 2. The maximum Gasteiger partial charge on any atom is 0.254 e. The fourth-order valence-corrected chi connectivity index (χ4v) is 2.31. The van der Waals surface area contributed by atoms with E-state index < -0.39 is 5.54 Å². The summed E-state index contributed by atoms with van der Waals surface area (Å²) in [6, 6.07) is 3.14. The van der Waals surface area contributed by atoms with Gasteiger partial charge in [0.1, 0.15) is 11.4 Å². The summed E-state index contributed by atoms with van der Waals surface area (Å²) in [5.41, 5.74) is 5.20. The molecule has 0 radical (unpaired) electrons. The molecule has 1 aliphatic heterocycles. The van der Waals surface area contributed by atoms with Gasteiger partial charge in [0.05, 0.1) is 0 Å². The van der Waals surface area contributed by atoms with Gasteiger partial charge >= 0.3 is 0 Å². The van der Waals surface area contributed by atoms with Crippen molar-refractivity contribution in [3.8, 4) is 0 Å². The zero-order chi connectivity index (χ0) is 14.2. The van der Waals surface area contributed by atoms with Crippen molar-refractivity contribution in [3.05, 3.63) is 23.9 Å². The van der Waals surface area contributed by atoms with Crippen molar-refractivity contribution in [1.29, 1.82) is 0 Å². The highest BCUT2D eigenvalue weighted by molar-refractivity contribution is 5.99. The Bertz CT molecular complexity index is 527. The van der Waals surface area contributed by atoms with E-state index in [1.54, 1.807) is 36.8 Å². The van der Waals surface area contributed by atoms with Crippen molar-refractivity contribution in [2.45, 2.75) is 19.4 Å². The van der Waals surface area contributed by atoms with Crippen LogP contribution in [0.2, 0.25) is 0 Å². The zero-order valence-electron chi connectivity index (χ0n) is 11.4. The molecule has 1 aliphatic rings. The van der Waals surface area contributed by atoms with Gasteiger partial charge in [0.15, 0.2) is 0 Å². The summed E-state index contributed by atoms with van der Waals surface area (Å²) in [7, 11) is 1.75. The fraction of sp³-hybridized carbons (Fsp3) is 0.462.